The number of nitrogen functional groups attached to an aromatic ring is 1. The van der Waals surface area contributed by atoms with Gasteiger partial charge in [0, 0.05) is 7.11 Å². The number of hydrogen-bond acceptors (Lipinski definition) is 4. The fourth-order valence-corrected chi connectivity index (χ4v) is 1.07. The van der Waals surface area contributed by atoms with Gasteiger partial charge in [0.1, 0.15) is 5.75 Å². The second-order valence-corrected chi connectivity index (χ2v) is 2.88. The molecule has 0 fully saturated rings. The van der Waals surface area contributed by atoms with Gasteiger partial charge in [-0.3, -0.25) is 0 Å². The van der Waals surface area contributed by atoms with Crippen molar-refractivity contribution in [1.82, 2.24) is 0 Å². The van der Waals surface area contributed by atoms with Crippen molar-refractivity contribution in [2.24, 2.45) is 5.73 Å². The standard InChI is InChI=1S/C9H14N2O2/c1-13-5-8(11)6-2-3-7(10)9(12)4-6/h2-4,8,12H,5,10-11H2,1H3. The first-order chi connectivity index (χ1) is 6.15. The molecule has 0 aliphatic carbocycles. The number of nitrogens with two attached hydrogens (primary N) is 2. The van der Waals surface area contributed by atoms with Crippen LogP contribution >= 0.6 is 0 Å². The molecule has 1 rings (SSSR count). The van der Waals surface area contributed by atoms with Crippen LogP contribution in [0.5, 0.6) is 5.75 Å². The van der Waals surface area contributed by atoms with Gasteiger partial charge < -0.3 is 21.3 Å². The van der Waals surface area contributed by atoms with E-state index < -0.39 is 0 Å². The molecule has 0 aliphatic heterocycles. The van der Waals surface area contributed by atoms with Gasteiger partial charge in [-0.1, -0.05) is 6.07 Å². The van der Waals surface area contributed by atoms with Crippen molar-refractivity contribution in [3.05, 3.63) is 23.8 Å². The zero-order valence-electron chi connectivity index (χ0n) is 7.53. The summed E-state index contributed by atoms with van der Waals surface area (Å²) < 4.78 is 4.89. The first-order valence-corrected chi connectivity index (χ1v) is 3.98. The number of benzene rings is 1. The van der Waals surface area contributed by atoms with Crippen molar-refractivity contribution < 1.29 is 9.84 Å². The fourth-order valence-electron chi connectivity index (χ4n) is 1.07. The normalized spacial score (nSPS) is 12.8. The van der Waals surface area contributed by atoms with Crippen LogP contribution in [-0.2, 0) is 4.74 Å². The summed E-state index contributed by atoms with van der Waals surface area (Å²) in [7, 11) is 1.58. The lowest BCUT2D eigenvalue weighted by molar-refractivity contribution is 0.181. The van der Waals surface area contributed by atoms with E-state index in [1.54, 1.807) is 25.3 Å². The van der Waals surface area contributed by atoms with Crippen LogP contribution in [0, 0.1) is 0 Å². The number of phenolic OH excluding ortho intramolecular Hbond substituents is 1. The third kappa shape index (κ3) is 2.34. The van der Waals surface area contributed by atoms with E-state index in [1.165, 1.54) is 0 Å². The molecule has 0 saturated heterocycles. The summed E-state index contributed by atoms with van der Waals surface area (Å²) in [6.45, 7) is 0.420. The Morgan fingerprint density at radius 3 is 2.77 bits per heavy atom. The first-order valence-electron chi connectivity index (χ1n) is 3.98. The Labute approximate surface area is 77.1 Å². The van der Waals surface area contributed by atoms with Crippen molar-refractivity contribution in [2.45, 2.75) is 6.04 Å². The Balaban J connectivity index is 2.84. The Kier molecular flexibility index (Phi) is 3.11. The highest BCUT2D eigenvalue weighted by atomic mass is 16.5. The van der Waals surface area contributed by atoms with Crippen molar-refractivity contribution in [2.75, 3.05) is 19.5 Å². The van der Waals surface area contributed by atoms with Crippen LogP contribution in [-0.4, -0.2) is 18.8 Å². The molecule has 0 saturated carbocycles. The highest BCUT2D eigenvalue weighted by Gasteiger charge is 2.07. The molecule has 1 unspecified atom stereocenters. The van der Waals surface area contributed by atoms with Crippen LogP contribution in [0.2, 0.25) is 0 Å². The lowest BCUT2D eigenvalue weighted by atomic mass is 10.1. The number of ether oxygens (including phenoxy) is 1. The van der Waals surface area contributed by atoms with Crippen LogP contribution in [0.4, 0.5) is 5.69 Å². The minimum atomic E-state index is -0.225. The number of hydrogen-bond donors (Lipinski definition) is 3. The van der Waals surface area contributed by atoms with Crippen molar-refractivity contribution in [3.8, 4) is 5.75 Å². The maximum Gasteiger partial charge on any atom is 0.138 e. The molecule has 0 amide bonds. The fraction of sp³-hybridized carbons (Fsp3) is 0.333. The molecule has 0 radical (unpaired) electrons. The zero-order chi connectivity index (χ0) is 9.84. The molecule has 13 heavy (non-hydrogen) atoms. The molecule has 0 spiro atoms. The van der Waals surface area contributed by atoms with Crippen molar-refractivity contribution in [3.63, 3.8) is 0 Å². The minimum absolute atomic E-state index is 0.0593. The number of aromatic hydroxyl groups is 1. The summed E-state index contributed by atoms with van der Waals surface area (Å²) in [6.07, 6.45) is 0. The van der Waals surface area contributed by atoms with Gasteiger partial charge in [-0.15, -0.1) is 0 Å². The van der Waals surface area contributed by atoms with E-state index in [-0.39, 0.29) is 11.8 Å². The molecular weight excluding hydrogens is 168 g/mol. The molecule has 72 valence electrons. The molecule has 0 bridgehead atoms. The molecule has 1 aromatic carbocycles. The van der Waals surface area contributed by atoms with E-state index in [1.807, 2.05) is 0 Å². The van der Waals surface area contributed by atoms with Crippen LogP contribution in [0.3, 0.4) is 0 Å². The van der Waals surface area contributed by atoms with Crippen LogP contribution in [0.1, 0.15) is 11.6 Å². The quantitative estimate of drug-likeness (QED) is 0.473. The predicted octanol–water partition coefficient (Wildman–Crippen LogP) is 0.621. The number of anilines is 1. The average molecular weight is 182 g/mol. The molecule has 4 heteroatoms. The second-order valence-electron chi connectivity index (χ2n) is 2.88. The molecule has 1 atom stereocenters. The highest BCUT2D eigenvalue weighted by Crippen LogP contribution is 2.23. The largest absolute Gasteiger partial charge is 0.506 e. The van der Waals surface area contributed by atoms with Crippen molar-refractivity contribution >= 4 is 5.69 Å². The maximum atomic E-state index is 9.30. The first kappa shape index (κ1) is 9.83. The van der Waals surface area contributed by atoms with E-state index in [0.29, 0.717) is 12.3 Å². The topological polar surface area (TPSA) is 81.5 Å². The third-order valence-electron chi connectivity index (χ3n) is 1.83. The van der Waals surface area contributed by atoms with E-state index in [4.69, 9.17) is 16.2 Å². The number of phenols is 1. The van der Waals surface area contributed by atoms with Gasteiger partial charge in [0.05, 0.1) is 18.3 Å². The molecule has 0 aromatic heterocycles. The van der Waals surface area contributed by atoms with Gasteiger partial charge in [-0.25, -0.2) is 0 Å². The minimum Gasteiger partial charge on any atom is -0.506 e. The molecule has 5 N–H and O–H groups in total. The monoisotopic (exact) mass is 182 g/mol. The lowest BCUT2D eigenvalue weighted by Gasteiger charge is -2.11. The zero-order valence-corrected chi connectivity index (χ0v) is 7.53. The van der Waals surface area contributed by atoms with Crippen LogP contribution in [0.15, 0.2) is 18.2 Å². The van der Waals surface area contributed by atoms with E-state index in [0.717, 1.165) is 5.56 Å². The smallest absolute Gasteiger partial charge is 0.138 e. The second kappa shape index (κ2) is 4.11. The summed E-state index contributed by atoms with van der Waals surface area (Å²) in [5.74, 6) is 0.0593. The van der Waals surface area contributed by atoms with E-state index >= 15 is 0 Å². The summed E-state index contributed by atoms with van der Waals surface area (Å²) in [6, 6.07) is 4.73. The molecule has 0 aliphatic rings. The summed E-state index contributed by atoms with van der Waals surface area (Å²) >= 11 is 0. The highest BCUT2D eigenvalue weighted by molar-refractivity contribution is 5.53. The summed E-state index contributed by atoms with van der Waals surface area (Å²) in [5.41, 5.74) is 12.4. The van der Waals surface area contributed by atoms with Gasteiger partial charge in [-0.05, 0) is 17.7 Å². The van der Waals surface area contributed by atoms with E-state index in [2.05, 4.69) is 0 Å². The lowest BCUT2D eigenvalue weighted by Crippen LogP contribution is -2.15. The number of methoxy groups -OCH3 is 1. The SMILES string of the molecule is COCC(N)c1ccc(N)c(O)c1. The van der Waals surface area contributed by atoms with Gasteiger partial charge in [0.15, 0.2) is 0 Å². The van der Waals surface area contributed by atoms with Crippen molar-refractivity contribution in [1.29, 1.82) is 0 Å². The molecule has 1 aromatic rings. The Hall–Kier alpha value is -1.26. The predicted molar refractivity (Wildman–Crippen MR) is 51.3 cm³/mol. The summed E-state index contributed by atoms with van der Waals surface area (Å²) in [5, 5.41) is 9.30. The molecule has 0 heterocycles. The van der Waals surface area contributed by atoms with Gasteiger partial charge in [0.25, 0.3) is 0 Å². The van der Waals surface area contributed by atoms with Gasteiger partial charge >= 0.3 is 0 Å². The van der Waals surface area contributed by atoms with Gasteiger partial charge in [0.2, 0.25) is 0 Å². The van der Waals surface area contributed by atoms with Gasteiger partial charge in [-0.2, -0.15) is 0 Å². The Morgan fingerprint density at radius 1 is 1.54 bits per heavy atom. The van der Waals surface area contributed by atoms with E-state index in [9.17, 15) is 5.11 Å². The third-order valence-corrected chi connectivity index (χ3v) is 1.83. The maximum absolute atomic E-state index is 9.30. The molecule has 4 nitrogen and oxygen atoms in total. The Bertz CT molecular complexity index is 289. The Morgan fingerprint density at radius 2 is 2.23 bits per heavy atom. The summed E-state index contributed by atoms with van der Waals surface area (Å²) in [4.78, 5) is 0. The van der Waals surface area contributed by atoms with Crippen LogP contribution < -0.4 is 11.5 Å². The molecular formula is C9H14N2O2. The number of rotatable bonds is 3. The average Bonchev–Trinajstić information content (AvgIpc) is 2.10. The van der Waals surface area contributed by atoms with Crippen LogP contribution in [0.25, 0.3) is 0 Å².